The molecule has 98 valence electrons. The van der Waals surface area contributed by atoms with Crippen LogP contribution < -0.4 is 0 Å². The van der Waals surface area contributed by atoms with Gasteiger partial charge in [0.15, 0.2) is 0 Å². The monoisotopic (exact) mass is 329 g/mol. The Kier molecular flexibility index (Phi) is 4.19. The highest BCUT2D eigenvalue weighted by Crippen LogP contribution is 2.28. The smallest absolute Gasteiger partial charge is 0.0953 e. The molecule has 1 atom stereocenters. The van der Waals surface area contributed by atoms with E-state index in [9.17, 15) is 5.11 Å². The molecular formula is C12H16BrN3OS. The van der Waals surface area contributed by atoms with Gasteiger partial charge in [0.05, 0.1) is 31.8 Å². The maximum atomic E-state index is 10.2. The summed E-state index contributed by atoms with van der Waals surface area (Å²) in [5.41, 5.74) is 2.05. The van der Waals surface area contributed by atoms with Crippen molar-refractivity contribution >= 4 is 27.3 Å². The number of rotatable bonds is 4. The van der Waals surface area contributed by atoms with E-state index >= 15 is 0 Å². The fraction of sp³-hybridized carbons (Fsp3) is 0.500. The highest BCUT2D eigenvalue weighted by Gasteiger charge is 2.18. The summed E-state index contributed by atoms with van der Waals surface area (Å²) in [6.45, 7) is 4.01. The first-order valence-corrected chi connectivity index (χ1v) is 7.44. The summed E-state index contributed by atoms with van der Waals surface area (Å²) in [6, 6.07) is 0. The van der Waals surface area contributed by atoms with E-state index in [1.165, 1.54) is 11.3 Å². The second-order valence-electron chi connectivity index (χ2n) is 4.19. The molecule has 0 aliphatic rings. The fourth-order valence-electron chi connectivity index (χ4n) is 1.86. The first kappa shape index (κ1) is 13.7. The summed E-state index contributed by atoms with van der Waals surface area (Å²) in [6.07, 6.45) is 2.65. The molecule has 4 nitrogen and oxygen atoms in total. The molecule has 18 heavy (non-hydrogen) atoms. The van der Waals surface area contributed by atoms with Crippen molar-refractivity contribution in [3.05, 3.63) is 31.9 Å². The summed E-state index contributed by atoms with van der Waals surface area (Å²) in [5.74, 6) is 0. The van der Waals surface area contributed by atoms with Crippen LogP contribution in [-0.2, 0) is 19.9 Å². The van der Waals surface area contributed by atoms with Gasteiger partial charge in [-0.3, -0.25) is 4.68 Å². The van der Waals surface area contributed by atoms with Crippen molar-refractivity contribution in [2.45, 2.75) is 32.8 Å². The zero-order valence-electron chi connectivity index (χ0n) is 10.6. The lowest BCUT2D eigenvalue weighted by atomic mass is 10.1. The van der Waals surface area contributed by atoms with Gasteiger partial charge in [0.25, 0.3) is 0 Å². The highest BCUT2D eigenvalue weighted by molar-refractivity contribution is 9.10. The van der Waals surface area contributed by atoms with Crippen LogP contribution in [-0.4, -0.2) is 19.9 Å². The van der Waals surface area contributed by atoms with Crippen molar-refractivity contribution in [3.8, 4) is 0 Å². The zero-order chi connectivity index (χ0) is 13.3. The van der Waals surface area contributed by atoms with E-state index in [4.69, 9.17) is 0 Å². The lowest BCUT2D eigenvalue weighted by Gasteiger charge is -2.08. The molecule has 0 radical (unpaired) electrons. The first-order chi connectivity index (χ1) is 8.52. The predicted molar refractivity (Wildman–Crippen MR) is 75.8 cm³/mol. The Labute approximate surface area is 119 Å². The second-order valence-corrected chi connectivity index (χ2v) is 6.25. The number of aryl methyl sites for hydroxylation is 3. The van der Waals surface area contributed by atoms with E-state index in [2.05, 4.69) is 32.9 Å². The van der Waals surface area contributed by atoms with Crippen molar-refractivity contribution in [1.29, 1.82) is 0 Å². The van der Waals surface area contributed by atoms with E-state index in [1.54, 1.807) is 6.20 Å². The Bertz CT molecular complexity index is 550. The number of aromatic nitrogens is 3. The molecule has 0 aromatic carbocycles. The Morgan fingerprint density at radius 3 is 2.78 bits per heavy atom. The summed E-state index contributed by atoms with van der Waals surface area (Å²) in [7, 11) is 1.91. The number of hydrogen-bond acceptors (Lipinski definition) is 4. The Balaban J connectivity index is 2.21. The minimum Gasteiger partial charge on any atom is -0.387 e. The average molecular weight is 330 g/mol. The minimum absolute atomic E-state index is 0.521. The molecule has 0 aliphatic heterocycles. The Morgan fingerprint density at radius 2 is 2.28 bits per heavy atom. The Hall–Kier alpha value is -0.720. The number of aliphatic hydroxyl groups is 1. The summed E-state index contributed by atoms with van der Waals surface area (Å²) < 4.78 is 2.84. The van der Waals surface area contributed by atoms with Gasteiger partial charge in [-0.05, 0) is 29.3 Å². The molecule has 2 rings (SSSR count). The molecule has 0 saturated heterocycles. The molecular weight excluding hydrogens is 314 g/mol. The van der Waals surface area contributed by atoms with Crippen LogP contribution in [0.3, 0.4) is 0 Å². The number of nitrogens with zero attached hydrogens (tertiary/aromatic N) is 3. The van der Waals surface area contributed by atoms with Crippen LogP contribution >= 0.6 is 27.3 Å². The molecule has 1 N–H and O–H groups in total. The van der Waals surface area contributed by atoms with Gasteiger partial charge in [-0.1, -0.05) is 6.92 Å². The molecule has 2 aromatic rings. The van der Waals surface area contributed by atoms with E-state index in [0.717, 1.165) is 32.2 Å². The molecule has 0 amide bonds. The van der Waals surface area contributed by atoms with E-state index < -0.39 is 6.10 Å². The third kappa shape index (κ3) is 2.65. The van der Waals surface area contributed by atoms with Gasteiger partial charge >= 0.3 is 0 Å². The summed E-state index contributed by atoms with van der Waals surface area (Å²) in [4.78, 5) is 5.07. The number of hydrogen-bond donors (Lipinski definition) is 1. The number of thiazole rings is 1. The first-order valence-electron chi connectivity index (χ1n) is 5.83. The van der Waals surface area contributed by atoms with Crippen LogP contribution in [0.25, 0.3) is 0 Å². The molecule has 2 aromatic heterocycles. The molecule has 0 fully saturated rings. The van der Waals surface area contributed by atoms with Crippen LogP contribution in [0, 0.1) is 6.92 Å². The van der Waals surface area contributed by atoms with Gasteiger partial charge in [0.1, 0.15) is 0 Å². The topological polar surface area (TPSA) is 50.9 Å². The number of aliphatic hydroxyl groups excluding tert-OH is 1. The van der Waals surface area contributed by atoms with Crippen LogP contribution in [0.4, 0.5) is 0 Å². The SMILES string of the molecule is CCc1nn(C)c(CC(O)c2cnc(C)s2)c1Br. The van der Waals surface area contributed by atoms with E-state index in [1.807, 2.05) is 18.7 Å². The van der Waals surface area contributed by atoms with Crippen LogP contribution in [0.5, 0.6) is 0 Å². The fourth-order valence-corrected chi connectivity index (χ4v) is 3.41. The third-order valence-corrected chi connectivity index (χ3v) is 4.79. The lowest BCUT2D eigenvalue weighted by Crippen LogP contribution is -2.05. The van der Waals surface area contributed by atoms with Crippen molar-refractivity contribution in [1.82, 2.24) is 14.8 Å². The maximum absolute atomic E-state index is 10.2. The van der Waals surface area contributed by atoms with Gasteiger partial charge in [0, 0.05) is 19.7 Å². The highest BCUT2D eigenvalue weighted by atomic mass is 79.9. The quantitative estimate of drug-likeness (QED) is 0.938. The molecule has 0 saturated carbocycles. The van der Waals surface area contributed by atoms with Gasteiger partial charge in [0.2, 0.25) is 0 Å². The third-order valence-electron chi connectivity index (χ3n) is 2.86. The summed E-state index contributed by atoms with van der Waals surface area (Å²) in [5, 5.41) is 15.6. The molecule has 6 heteroatoms. The molecule has 2 heterocycles. The minimum atomic E-state index is -0.521. The predicted octanol–water partition coefficient (Wildman–Crippen LogP) is 2.79. The zero-order valence-corrected chi connectivity index (χ0v) is 13.0. The summed E-state index contributed by atoms with van der Waals surface area (Å²) >= 11 is 5.10. The normalized spacial score (nSPS) is 12.9. The van der Waals surface area contributed by atoms with Crippen LogP contribution in [0.15, 0.2) is 10.7 Å². The van der Waals surface area contributed by atoms with Gasteiger partial charge < -0.3 is 5.11 Å². The van der Waals surface area contributed by atoms with Crippen molar-refractivity contribution in [2.75, 3.05) is 0 Å². The largest absolute Gasteiger partial charge is 0.387 e. The van der Waals surface area contributed by atoms with E-state index in [-0.39, 0.29) is 0 Å². The van der Waals surface area contributed by atoms with E-state index in [0.29, 0.717) is 6.42 Å². The Morgan fingerprint density at radius 1 is 1.56 bits per heavy atom. The van der Waals surface area contributed by atoms with Gasteiger partial charge in [-0.15, -0.1) is 11.3 Å². The van der Waals surface area contributed by atoms with Gasteiger partial charge in [-0.2, -0.15) is 5.10 Å². The standard InChI is InChI=1S/C12H16BrN3OS/c1-4-8-12(13)9(16(3)15-8)5-10(17)11-6-14-7(2)18-11/h6,10,17H,4-5H2,1-3H3. The van der Waals surface area contributed by atoms with Gasteiger partial charge in [-0.25, -0.2) is 4.98 Å². The molecule has 0 bridgehead atoms. The second kappa shape index (κ2) is 5.50. The van der Waals surface area contributed by atoms with Crippen molar-refractivity contribution in [2.24, 2.45) is 7.05 Å². The van der Waals surface area contributed by atoms with Crippen LogP contribution in [0.2, 0.25) is 0 Å². The van der Waals surface area contributed by atoms with Crippen molar-refractivity contribution in [3.63, 3.8) is 0 Å². The van der Waals surface area contributed by atoms with Crippen molar-refractivity contribution < 1.29 is 5.11 Å². The molecule has 1 unspecified atom stereocenters. The number of halogens is 1. The molecule has 0 spiro atoms. The van der Waals surface area contributed by atoms with Crippen LogP contribution in [0.1, 0.15) is 34.3 Å². The maximum Gasteiger partial charge on any atom is 0.0953 e. The average Bonchev–Trinajstić information content (AvgIpc) is 2.87. The lowest BCUT2D eigenvalue weighted by molar-refractivity contribution is 0.179. The molecule has 0 aliphatic carbocycles.